The largest absolute Gasteiger partial charge is 0.504 e. The zero-order chi connectivity index (χ0) is 17.9. The topological polar surface area (TPSA) is 160 Å². The van der Waals surface area contributed by atoms with E-state index >= 15 is 0 Å². The van der Waals surface area contributed by atoms with Gasteiger partial charge in [-0.05, 0) is 17.7 Å². The molecule has 0 spiro atoms. The molecule has 0 aliphatic carbocycles. The number of ether oxygens (including phenoxy) is 2. The van der Waals surface area contributed by atoms with E-state index in [4.69, 9.17) is 19.7 Å². The third-order valence-electron chi connectivity index (χ3n) is 3.57. The van der Waals surface area contributed by atoms with Crippen molar-refractivity contribution >= 4 is 6.08 Å². The van der Waals surface area contributed by atoms with E-state index in [1.54, 1.807) is 0 Å². The lowest BCUT2D eigenvalue weighted by Crippen LogP contribution is -2.60. The van der Waals surface area contributed by atoms with Crippen molar-refractivity contribution in [3.05, 3.63) is 23.8 Å². The normalized spacial score (nSPS) is 30.6. The molecule has 2 rings (SSSR count). The highest BCUT2D eigenvalue weighted by molar-refractivity contribution is 5.61. The minimum Gasteiger partial charge on any atom is -0.504 e. The summed E-state index contributed by atoms with van der Waals surface area (Å²) in [5.74, 6) is -1.34. The van der Waals surface area contributed by atoms with Gasteiger partial charge in [0.25, 0.3) is 0 Å². The number of phenolic OH excluding ortho intramolecular Hbond substituents is 2. The summed E-state index contributed by atoms with van der Waals surface area (Å²) < 4.78 is 10.3. The first kappa shape index (κ1) is 18.5. The van der Waals surface area contributed by atoms with E-state index < -0.39 is 54.6 Å². The molecule has 5 unspecified atom stereocenters. The van der Waals surface area contributed by atoms with Crippen LogP contribution in [0.2, 0.25) is 0 Å². The van der Waals surface area contributed by atoms with Gasteiger partial charge >= 0.3 is 0 Å². The molecule has 0 saturated carbocycles. The van der Waals surface area contributed by atoms with Crippen molar-refractivity contribution in [2.24, 2.45) is 0 Å². The minimum absolute atomic E-state index is 0.218. The Morgan fingerprint density at radius 3 is 2.17 bits per heavy atom. The van der Waals surface area contributed by atoms with E-state index in [1.165, 1.54) is 24.3 Å². The SMILES string of the molecule is OCC=Cc1cc(O)c(OC2OC(CO)C(O)C(O)C2O)c(O)c1. The number of rotatable bonds is 5. The smallest absolute Gasteiger partial charge is 0.229 e. The number of aromatic hydroxyl groups is 2. The van der Waals surface area contributed by atoms with Crippen LogP contribution in [-0.4, -0.2) is 79.7 Å². The van der Waals surface area contributed by atoms with Crippen LogP contribution in [0.25, 0.3) is 6.08 Å². The Labute approximate surface area is 137 Å². The molecule has 1 aliphatic heterocycles. The second kappa shape index (κ2) is 7.79. The first-order valence-corrected chi connectivity index (χ1v) is 7.19. The summed E-state index contributed by atoms with van der Waals surface area (Å²) in [4.78, 5) is 0. The Morgan fingerprint density at radius 1 is 1.00 bits per heavy atom. The fraction of sp³-hybridized carbons (Fsp3) is 0.467. The highest BCUT2D eigenvalue weighted by Gasteiger charge is 2.45. The van der Waals surface area contributed by atoms with Gasteiger partial charge in [-0.15, -0.1) is 0 Å². The van der Waals surface area contributed by atoms with Crippen molar-refractivity contribution in [2.75, 3.05) is 13.2 Å². The predicted octanol–water partition coefficient (Wildman–Crippen LogP) is -1.72. The van der Waals surface area contributed by atoms with Crippen LogP contribution in [0.3, 0.4) is 0 Å². The van der Waals surface area contributed by atoms with Gasteiger partial charge in [0.05, 0.1) is 13.2 Å². The van der Waals surface area contributed by atoms with E-state index in [0.717, 1.165) is 0 Å². The van der Waals surface area contributed by atoms with Crippen LogP contribution in [-0.2, 0) is 4.74 Å². The molecule has 5 atom stereocenters. The van der Waals surface area contributed by atoms with Crippen molar-refractivity contribution in [3.8, 4) is 17.2 Å². The highest BCUT2D eigenvalue weighted by atomic mass is 16.7. The van der Waals surface area contributed by atoms with Crippen LogP contribution >= 0.6 is 0 Å². The molecule has 1 fully saturated rings. The van der Waals surface area contributed by atoms with Gasteiger partial charge in [0.1, 0.15) is 24.4 Å². The first-order valence-electron chi connectivity index (χ1n) is 7.19. The Balaban J connectivity index is 2.22. The third-order valence-corrected chi connectivity index (χ3v) is 3.57. The van der Waals surface area contributed by atoms with Crippen LogP contribution in [0.5, 0.6) is 17.2 Å². The molecular formula is C15H20O9. The van der Waals surface area contributed by atoms with Crippen molar-refractivity contribution in [1.82, 2.24) is 0 Å². The standard InChI is InChI=1S/C15H20O9/c16-3-1-2-7-4-8(18)14(9(19)5-7)24-15-13(22)12(21)11(20)10(6-17)23-15/h1-2,4-5,10-13,15-22H,3,6H2. The lowest BCUT2D eigenvalue weighted by atomic mass is 9.99. The molecule has 9 heteroatoms. The number of aliphatic hydroxyl groups is 5. The molecule has 0 bridgehead atoms. The van der Waals surface area contributed by atoms with Crippen LogP contribution < -0.4 is 4.74 Å². The molecule has 24 heavy (non-hydrogen) atoms. The van der Waals surface area contributed by atoms with Crippen LogP contribution in [0.15, 0.2) is 18.2 Å². The molecule has 9 nitrogen and oxygen atoms in total. The second-order valence-corrected chi connectivity index (χ2v) is 5.29. The van der Waals surface area contributed by atoms with Crippen molar-refractivity contribution in [1.29, 1.82) is 0 Å². The summed E-state index contributed by atoms with van der Waals surface area (Å²) >= 11 is 0. The molecule has 1 heterocycles. The van der Waals surface area contributed by atoms with E-state index in [0.29, 0.717) is 5.56 Å². The van der Waals surface area contributed by atoms with Gasteiger partial charge in [-0.2, -0.15) is 0 Å². The quantitative estimate of drug-likeness (QED) is 0.330. The number of aliphatic hydroxyl groups excluding tert-OH is 5. The molecule has 1 aromatic rings. The Morgan fingerprint density at radius 2 is 1.62 bits per heavy atom. The van der Waals surface area contributed by atoms with Gasteiger partial charge in [0.15, 0.2) is 11.5 Å². The lowest BCUT2D eigenvalue weighted by molar-refractivity contribution is -0.277. The molecule has 134 valence electrons. The van der Waals surface area contributed by atoms with Crippen molar-refractivity contribution < 1.29 is 45.2 Å². The average molecular weight is 344 g/mol. The van der Waals surface area contributed by atoms with Crippen LogP contribution in [0.1, 0.15) is 5.56 Å². The fourth-order valence-electron chi connectivity index (χ4n) is 2.31. The molecule has 0 amide bonds. The van der Waals surface area contributed by atoms with Gasteiger partial charge in [0, 0.05) is 0 Å². The highest BCUT2D eigenvalue weighted by Crippen LogP contribution is 2.39. The zero-order valence-electron chi connectivity index (χ0n) is 12.6. The fourth-order valence-corrected chi connectivity index (χ4v) is 2.31. The minimum atomic E-state index is -1.67. The maximum absolute atomic E-state index is 9.95. The maximum atomic E-state index is 9.95. The summed E-state index contributed by atoms with van der Waals surface area (Å²) in [5.41, 5.74) is 0.389. The van der Waals surface area contributed by atoms with Gasteiger partial charge in [-0.1, -0.05) is 12.2 Å². The van der Waals surface area contributed by atoms with Crippen molar-refractivity contribution in [3.63, 3.8) is 0 Å². The summed E-state index contributed by atoms with van der Waals surface area (Å²) in [6, 6.07) is 2.48. The van der Waals surface area contributed by atoms with E-state index in [9.17, 15) is 25.5 Å². The number of hydrogen-bond acceptors (Lipinski definition) is 9. The first-order chi connectivity index (χ1) is 11.4. The monoisotopic (exact) mass is 344 g/mol. The summed E-state index contributed by atoms with van der Waals surface area (Å²) in [7, 11) is 0. The number of benzene rings is 1. The van der Waals surface area contributed by atoms with Gasteiger partial charge in [-0.25, -0.2) is 0 Å². The third kappa shape index (κ3) is 3.78. The summed E-state index contributed by atoms with van der Waals surface area (Å²) in [5, 5.41) is 67.0. The summed E-state index contributed by atoms with van der Waals surface area (Å²) in [6.07, 6.45) is -4.71. The molecule has 1 saturated heterocycles. The van der Waals surface area contributed by atoms with E-state index in [-0.39, 0.29) is 6.61 Å². The Bertz CT molecular complexity index is 563. The van der Waals surface area contributed by atoms with Gasteiger partial charge in [0.2, 0.25) is 12.0 Å². The molecular weight excluding hydrogens is 324 g/mol. The summed E-state index contributed by atoms with van der Waals surface area (Å²) in [6.45, 7) is -0.849. The number of phenols is 2. The average Bonchev–Trinajstić information content (AvgIpc) is 2.56. The Hall–Kier alpha value is -1.88. The maximum Gasteiger partial charge on any atom is 0.229 e. The lowest BCUT2D eigenvalue weighted by Gasteiger charge is -2.39. The van der Waals surface area contributed by atoms with Crippen LogP contribution in [0, 0.1) is 0 Å². The number of hydrogen-bond donors (Lipinski definition) is 7. The van der Waals surface area contributed by atoms with E-state index in [1.807, 2.05) is 0 Å². The zero-order valence-corrected chi connectivity index (χ0v) is 12.6. The van der Waals surface area contributed by atoms with Gasteiger partial charge in [-0.3, -0.25) is 0 Å². The predicted molar refractivity (Wildman–Crippen MR) is 80.3 cm³/mol. The molecule has 0 aromatic heterocycles. The molecule has 7 N–H and O–H groups in total. The van der Waals surface area contributed by atoms with E-state index in [2.05, 4.69) is 0 Å². The molecule has 1 aliphatic rings. The van der Waals surface area contributed by atoms with Crippen molar-refractivity contribution in [2.45, 2.75) is 30.7 Å². The molecule has 0 radical (unpaired) electrons. The van der Waals surface area contributed by atoms with Crippen LogP contribution in [0.4, 0.5) is 0 Å². The Kier molecular flexibility index (Phi) is 5.99. The van der Waals surface area contributed by atoms with Gasteiger partial charge < -0.3 is 45.2 Å². The second-order valence-electron chi connectivity index (χ2n) is 5.29. The molecule has 1 aromatic carbocycles.